The van der Waals surface area contributed by atoms with Gasteiger partial charge in [-0.25, -0.2) is 8.42 Å². The molecule has 24 heavy (non-hydrogen) atoms. The van der Waals surface area contributed by atoms with E-state index in [-0.39, 0.29) is 10.9 Å². The van der Waals surface area contributed by atoms with Crippen LogP contribution in [0.1, 0.15) is 17.9 Å². The summed E-state index contributed by atoms with van der Waals surface area (Å²) >= 11 is 0. The quantitative estimate of drug-likeness (QED) is 0.851. The van der Waals surface area contributed by atoms with Crippen LogP contribution in [0.5, 0.6) is 0 Å². The van der Waals surface area contributed by atoms with Crippen LogP contribution in [0.2, 0.25) is 0 Å². The molecule has 0 bridgehead atoms. The molecule has 2 unspecified atom stereocenters. The SMILES string of the molecule is Cc1noc(C)c1S(=O)(=O)N1CC2CCN(c3ccccc3)C2C1. The van der Waals surface area contributed by atoms with Crippen molar-refractivity contribution in [2.24, 2.45) is 5.92 Å². The topological polar surface area (TPSA) is 66.7 Å². The summed E-state index contributed by atoms with van der Waals surface area (Å²) in [7, 11) is -3.55. The van der Waals surface area contributed by atoms with Crippen LogP contribution < -0.4 is 4.90 Å². The van der Waals surface area contributed by atoms with E-state index in [9.17, 15) is 8.42 Å². The minimum Gasteiger partial charge on any atom is -0.367 e. The minimum absolute atomic E-state index is 0.230. The van der Waals surface area contributed by atoms with Crippen molar-refractivity contribution in [3.05, 3.63) is 41.8 Å². The van der Waals surface area contributed by atoms with Crippen LogP contribution in [0.15, 0.2) is 39.8 Å². The van der Waals surface area contributed by atoms with Gasteiger partial charge in [0.2, 0.25) is 10.0 Å². The Morgan fingerprint density at radius 1 is 1.17 bits per heavy atom. The summed E-state index contributed by atoms with van der Waals surface area (Å²) < 4.78 is 32.7. The normalized spacial score (nSPS) is 24.5. The van der Waals surface area contributed by atoms with Gasteiger partial charge in [0.05, 0.1) is 0 Å². The maximum Gasteiger partial charge on any atom is 0.248 e. The highest BCUT2D eigenvalue weighted by molar-refractivity contribution is 7.89. The number of sulfonamides is 1. The smallest absolute Gasteiger partial charge is 0.248 e. The minimum atomic E-state index is -3.55. The summed E-state index contributed by atoms with van der Waals surface area (Å²) in [5.41, 5.74) is 1.60. The predicted molar refractivity (Wildman–Crippen MR) is 90.4 cm³/mol. The van der Waals surface area contributed by atoms with Gasteiger partial charge in [0.15, 0.2) is 5.76 Å². The molecule has 3 heterocycles. The van der Waals surface area contributed by atoms with E-state index in [4.69, 9.17) is 4.52 Å². The van der Waals surface area contributed by atoms with E-state index in [1.54, 1.807) is 18.2 Å². The Balaban J connectivity index is 1.61. The van der Waals surface area contributed by atoms with Crippen molar-refractivity contribution >= 4 is 15.7 Å². The molecule has 0 amide bonds. The van der Waals surface area contributed by atoms with Gasteiger partial charge in [-0.3, -0.25) is 0 Å². The summed E-state index contributed by atoms with van der Waals surface area (Å²) in [6.07, 6.45) is 1.02. The number of nitrogens with zero attached hydrogens (tertiary/aromatic N) is 3. The van der Waals surface area contributed by atoms with Gasteiger partial charge in [0, 0.05) is 31.4 Å². The Hall–Kier alpha value is -1.86. The van der Waals surface area contributed by atoms with E-state index < -0.39 is 10.0 Å². The molecular formula is C17H21N3O3S. The summed E-state index contributed by atoms with van der Waals surface area (Å²) in [4.78, 5) is 2.57. The number of aromatic nitrogens is 1. The number of rotatable bonds is 3. The molecule has 2 atom stereocenters. The molecule has 2 aliphatic rings. The van der Waals surface area contributed by atoms with Crippen LogP contribution in [-0.2, 0) is 10.0 Å². The van der Waals surface area contributed by atoms with E-state index in [1.807, 2.05) is 18.2 Å². The number of benzene rings is 1. The zero-order chi connectivity index (χ0) is 16.9. The number of para-hydroxylation sites is 1. The summed E-state index contributed by atoms with van der Waals surface area (Å²) in [5.74, 6) is 0.741. The van der Waals surface area contributed by atoms with E-state index in [0.29, 0.717) is 30.5 Å². The number of hydrogen-bond acceptors (Lipinski definition) is 5. The summed E-state index contributed by atoms with van der Waals surface area (Å²) in [6.45, 7) is 5.40. The molecule has 7 heteroatoms. The molecule has 2 fully saturated rings. The molecule has 0 spiro atoms. The molecule has 1 aromatic carbocycles. The highest BCUT2D eigenvalue weighted by atomic mass is 32.2. The van der Waals surface area contributed by atoms with Gasteiger partial charge in [-0.15, -0.1) is 0 Å². The van der Waals surface area contributed by atoms with Crippen LogP contribution in [-0.4, -0.2) is 43.6 Å². The fraction of sp³-hybridized carbons (Fsp3) is 0.471. The van der Waals surface area contributed by atoms with Crippen molar-refractivity contribution in [2.75, 3.05) is 24.5 Å². The third-order valence-electron chi connectivity index (χ3n) is 5.17. The number of hydrogen-bond donors (Lipinski definition) is 0. The third-order valence-corrected chi connectivity index (χ3v) is 7.24. The van der Waals surface area contributed by atoms with E-state index in [1.165, 1.54) is 5.69 Å². The number of fused-ring (bicyclic) bond motifs is 1. The van der Waals surface area contributed by atoms with Crippen LogP contribution in [0, 0.1) is 19.8 Å². The van der Waals surface area contributed by atoms with Gasteiger partial charge in [-0.1, -0.05) is 23.4 Å². The van der Waals surface area contributed by atoms with E-state index in [2.05, 4.69) is 22.2 Å². The Morgan fingerprint density at radius 3 is 2.58 bits per heavy atom. The van der Waals surface area contributed by atoms with Gasteiger partial charge in [0.1, 0.15) is 10.6 Å². The van der Waals surface area contributed by atoms with Crippen molar-refractivity contribution < 1.29 is 12.9 Å². The van der Waals surface area contributed by atoms with Gasteiger partial charge >= 0.3 is 0 Å². The van der Waals surface area contributed by atoms with Crippen molar-refractivity contribution in [1.82, 2.24) is 9.46 Å². The van der Waals surface area contributed by atoms with Crippen molar-refractivity contribution in [3.8, 4) is 0 Å². The lowest BCUT2D eigenvalue weighted by atomic mass is 10.1. The molecular weight excluding hydrogens is 326 g/mol. The second-order valence-corrected chi connectivity index (χ2v) is 8.50. The maximum absolute atomic E-state index is 13.0. The first kappa shape index (κ1) is 15.7. The first-order chi connectivity index (χ1) is 11.5. The molecule has 0 aliphatic carbocycles. The van der Waals surface area contributed by atoms with Crippen LogP contribution >= 0.6 is 0 Å². The number of anilines is 1. The molecule has 6 nitrogen and oxygen atoms in total. The van der Waals surface area contributed by atoms with E-state index in [0.717, 1.165) is 13.0 Å². The fourth-order valence-corrected chi connectivity index (χ4v) is 5.84. The van der Waals surface area contributed by atoms with Crippen LogP contribution in [0.3, 0.4) is 0 Å². The second kappa shape index (κ2) is 5.60. The maximum atomic E-state index is 13.0. The molecule has 128 valence electrons. The lowest BCUT2D eigenvalue weighted by Gasteiger charge is -2.26. The Kier molecular flexibility index (Phi) is 3.65. The highest BCUT2D eigenvalue weighted by Gasteiger charge is 2.46. The molecule has 2 aliphatic heterocycles. The average molecular weight is 347 g/mol. The summed E-state index contributed by atoms with van der Waals surface area (Å²) in [5, 5.41) is 3.80. The molecule has 0 saturated carbocycles. The van der Waals surface area contributed by atoms with Crippen molar-refractivity contribution in [1.29, 1.82) is 0 Å². The standard InChI is InChI=1S/C17H21N3O3S/c1-12-17(13(2)23-18-12)24(21,22)19-10-14-8-9-20(16(14)11-19)15-6-4-3-5-7-15/h3-7,14,16H,8-11H2,1-2H3. The van der Waals surface area contributed by atoms with Crippen LogP contribution in [0.4, 0.5) is 5.69 Å². The Morgan fingerprint density at radius 2 is 1.92 bits per heavy atom. The second-order valence-electron chi connectivity index (χ2n) is 6.62. The van der Waals surface area contributed by atoms with Gasteiger partial charge in [-0.05, 0) is 38.3 Å². The lowest BCUT2D eigenvalue weighted by molar-refractivity contribution is 0.389. The van der Waals surface area contributed by atoms with Gasteiger partial charge < -0.3 is 9.42 Å². The fourth-order valence-electron chi connectivity index (χ4n) is 4.03. The average Bonchev–Trinajstić information content (AvgIpc) is 3.22. The highest BCUT2D eigenvalue weighted by Crippen LogP contribution is 2.37. The zero-order valence-electron chi connectivity index (χ0n) is 13.8. The van der Waals surface area contributed by atoms with Gasteiger partial charge in [0.25, 0.3) is 0 Å². The Bertz CT molecular complexity index is 828. The number of aryl methyl sites for hydroxylation is 2. The molecule has 4 rings (SSSR count). The molecule has 2 aromatic rings. The Labute approximate surface area is 142 Å². The molecule has 2 saturated heterocycles. The largest absolute Gasteiger partial charge is 0.367 e. The zero-order valence-corrected chi connectivity index (χ0v) is 14.7. The third kappa shape index (κ3) is 2.34. The van der Waals surface area contributed by atoms with E-state index >= 15 is 0 Å². The van der Waals surface area contributed by atoms with Crippen LogP contribution in [0.25, 0.3) is 0 Å². The molecule has 1 aromatic heterocycles. The summed E-state index contributed by atoms with van der Waals surface area (Å²) in [6, 6.07) is 10.5. The first-order valence-electron chi connectivity index (χ1n) is 8.23. The monoisotopic (exact) mass is 347 g/mol. The van der Waals surface area contributed by atoms with Gasteiger partial charge in [-0.2, -0.15) is 4.31 Å². The van der Waals surface area contributed by atoms with Crippen molar-refractivity contribution in [2.45, 2.75) is 31.2 Å². The molecule has 0 N–H and O–H groups in total. The lowest BCUT2D eigenvalue weighted by Crippen LogP contribution is -2.37. The van der Waals surface area contributed by atoms with Crippen molar-refractivity contribution in [3.63, 3.8) is 0 Å². The first-order valence-corrected chi connectivity index (χ1v) is 9.67. The molecule has 0 radical (unpaired) electrons. The predicted octanol–water partition coefficient (Wildman–Crippen LogP) is 2.19.